The molecule has 0 heterocycles. The highest BCUT2D eigenvalue weighted by Crippen LogP contribution is 2.43. The minimum absolute atomic E-state index is 0.0487. The van der Waals surface area contributed by atoms with Crippen LogP contribution in [0.4, 0.5) is 0 Å². The Morgan fingerprint density at radius 3 is 1.04 bits per heavy atom. The van der Waals surface area contributed by atoms with Gasteiger partial charge in [-0.25, -0.2) is 4.57 Å². The Morgan fingerprint density at radius 1 is 0.392 bits per heavy atom. The van der Waals surface area contributed by atoms with Crippen molar-refractivity contribution in [1.82, 2.24) is 0 Å². The Morgan fingerprint density at radius 2 is 0.696 bits per heavy atom. The van der Waals surface area contributed by atoms with E-state index in [4.69, 9.17) is 24.3 Å². The van der Waals surface area contributed by atoms with Gasteiger partial charge in [0.15, 0.2) is 6.10 Å². The fraction of sp³-hybridized carbons (Fsp3) is 0.826. The quantitative estimate of drug-likeness (QED) is 0.0264. The van der Waals surface area contributed by atoms with Gasteiger partial charge in [0.05, 0.1) is 13.2 Å². The molecular formula is C69H128NO8P. The average Bonchev–Trinajstić information content (AvgIpc) is 3.44. The molecule has 0 aromatic heterocycles. The summed E-state index contributed by atoms with van der Waals surface area (Å²) in [4.78, 5) is 35.3. The number of rotatable bonds is 64. The number of carbonyl (C=O) groups excluding carboxylic acids is 2. The van der Waals surface area contributed by atoms with Crippen LogP contribution in [0, 0.1) is 0 Å². The maximum atomic E-state index is 12.7. The minimum atomic E-state index is -4.40. The second kappa shape index (κ2) is 64.9. The molecule has 0 spiro atoms. The molecule has 0 fully saturated rings. The second-order valence-corrected chi connectivity index (χ2v) is 24.1. The van der Waals surface area contributed by atoms with Crippen LogP contribution < -0.4 is 5.73 Å². The van der Waals surface area contributed by atoms with E-state index in [-0.39, 0.29) is 38.6 Å². The van der Waals surface area contributed by atoms with E-state index in [1.807, 2.05) is 0 Å². The van der Waals surface area contributed by atoms with E-state index in [0.717, 1.165) is 83.5 Å². The molecule has 0 bridgehead atoms. The Kier molecular flexibility index (Phi) is 63.0. The Bertz CT molecular complexity index is 1480. The highest BCUT2D eigenvalue weighted by atomic mass is 31.2. The summed E-state index contributed by atoms with van der Waals surface area (Å²) in [6.45, 7) is 3.65. The molecule has 79 heavy (non-hydrogen) atoms. The van der Waals surface area contributed by atoms with Crippen molar-refractivity contribution >= 4 is 19.8 Å². The molecule has 9 nitrogen and oxygen atoms in total. The van der Waals surface area contributed by atoms with Gasteiger partial charge in [-0.15, -0.1) is 0 Å². The van der Waals surface area contributed by atoms with Crippen LogP contribution >= 0.6 is 7.82 Å². The zero-order valence-corrected chi connectivity index (χ0v) is 52.8. The van der Waals surface area contributed by atoms with Crippen molar-refractivity contribution in [3.63, 3.8) is 0 Å². The molecule has 3 N–H and O–H groups in total. The van der Waals surface area contributed by atoms with Crippen molar-refractivity contribution in [2.24, 2.45) is 5.73 Å². The van der Waals surface area contributed by atoms with E-state index >= 15 is 0 Å². The molecule has 0 aromatic rings. The van der Waals surface area contributed by atoms with Crippen molar-refractivity contribution in [3.8, 4) is 0 Å². The van der Waals surface area contributed by atoms with Crippen LogP contribution in [0.2, 0.25) is 0 Å². The molecule has 2 unspecified atom stereocenters. The zero-order chi connectivity index (χ0) is 57.3. The number of ether oxygens (including phenoxy) is 2. The van der Waals surface area contributed by atoms with Gasteiger partial charge in [-0.05, 0) is 57.8 Å². The van der Waals surface area contributed by atoms with Crippen molar-refractivity contribution in [1.29, 1.82) is 0 Å². The van der Waals surface area contributed by atoms with Crippen LogP contribution in [0.15, 0.2) is 60.8 Å². The minimum Gasteiger partial charge on any atom is -0.462 e. The molecule has 0 amide bonds. The van der Waals surface area contributed by atoms with Gasteiger partial charge in [0.2, 0.25) is 0 Å². The smallest absolute Gasteiger partial charge is 0.462 e. The van der Waals surface area contributed by atoms with Gasteiger partial charge in [0.1, 0.15) is 6.61 Å². The van der Waals surface area contributed by atoms with E-state index in [2.05, 4.69) is 74.6 Å². The number of phosphoric ester groups is 1. The second-order valence-electron chi connectivity index (χ2n) is 22.7. The summed E-state index contributed by atoms with van der Waals surface area (Å²) >= 11 is 0. The molecule has 0 saturated heterocycles. The Labute approximate surface area is 489 Å². The first kappa shape index (κ1) is 76.7. The standard InChI is InChI=1S/C69H128NO8P/c1-3-5-7-9-11-13-15-17-19-21-23-25-26-27-28-29-30-31-32-33-34-35-36-37-38-39-40-42-43-45-47-49-51-53-55-57-59-61-68(71)75-65-67(66-77-79(73,74)76-64-63-70)78-69(72)62-60-58-56-54-52-50-48-46-44-41-24-22-20-18-16-14-12-10-8-6-4-2/h6,8,12,14,18,20,24,41,46,48,67H,3-5,7,9-11,13,15-17,19,21-23,25-40,42-45,47,49-66,70H2,1-2H3,(H,73,74)/b8-6-,14-12-,20-18-,41-24-,48-46-. The van der Waals surface area contributed by atoms with E-state index < -0.39 is 26.5 Å². The number of nitrogens with two attached hydrogens (primary N) is 1. The lowest BCUT2D eigenvalue weighted by Crippen LogP contribution is -2.29. The van der Waals surface area contributed by atoms with Crippen molar-refractivity contribution < 1.29 is 37.6 Å². The molecule has 0 rings (SSSR count). The van der Waals surface area contributed by atoms with Gasteiger partial charge in [0.25, 0.3) is 0 Å². The van der Waals surface area contributed by atoms with Gasteiger partial charge in [0, 0.05) is 19.4 Å². The largest absolute Gasteiger partial charge is 0.472 e. The lowest BCUT2D eigenvalue weighted by molar-refractivity contribution is -0.161. The maximum Gasteiger partial charge on any atom is 0.472 e. The lowest BCUT2D eigenvalue weighted by atomic mass is 10.0. The lowest BCUT2D eigenvalue weighted by Gasteiger charge is -2.19. The number of phosphoric acid groups is 1. The van der Waals surface area contributed by atoms with Crippen LogP contribution in [0.25, 0.3) is 0 Å². The molecule has 0 radical (unpaired) electrons. The molecule has 0 saturated carbocycles. The third-order valence-corrected chi connectivity index (χ3v) is 15.9. The SMILES string of the molecule is CC/C=C\C/C=C\C/C=C\C/C=C\C/C=C\CCCCCCCC(=O)OC(COC(=O)CCCCCCCCCCCCCCCCCCCCCCCCCCCCCCCCCCCCCCC)COP(=O)(O)OCCN. The number of esters is 2. The topological polar surface area (TPSA) is 134 Å². The van der Waals surface area contributed by atoms with Gasteiger partial charge in [-0.1, -0.05) is 325 Å². The predicted molar refractivity (Wildman–Crippen MR) is 340 cm³/mol. The maximum absolute atomic E-state index is 12.7. The Hall–Kier alpha value is -2.29. The fourth-order valence-corrected chi connectivity index (χ4v) is 10.7. The number of carbonyl (C=O) groups is 2. The van der Waals surface area contributed by atoms with Crippen molar-refractivity contribution in [2.45, 2.75) is 341 Å². The molecular weight excluding hydrogens is 1000 g/mol. The summed E-state index contributed by atoms with van der Waals surface area (Å²) in [5.41, 5.74) is 5.39. The first-order valence-electron chi connectivity index (χ1n) is 33.8. The Balaban J connectivity index is 3.80. The molecule has 0 aliphatic heterocycles. The fourth-order valence-electron chi connectivity index (χ4n) is 9.96. The summed E-state index contributed by atoms with van der Waals surface area (Å²) in [6, 6.07) is 0. The highest BCUT2D eigenvalue weighted by molar-refractivity contribution is 7.47. The first-order chi connectivity index (χ1) is 38.8. The monoisotopic (exact) mass is 1130 g/mol. The van der Waals surface area contributed by atoms with E-state index in [0.29, 0.717) is 6.42 Å². The van der Waals surface area contributed by atoms with Crippen LogP contribution in [-0.4, -0.2) is 49.3 Å². The third-order valence-electron chi connectivity index (χ3n) is 14.9. The number of allylic oxidation sites excluding steroid dienone is 10. The van der Waals surface area contributed by atoms with Crippen LogP contribution in [0.3, 0.4) is 0 Å². The molecule has 0 aromatic carbocycles. The zero-order valence-electron chi connectivity index (χ0n) is 51.9. The predicted octanol–water partition coefficient (Wildman–Crippen LogP) is 21.9. The number of hydrogen-bond donors (Lipinski definition) is 2. The van der Waals surface area contributed by atoms with Gasteiger partial charge >= 0.3 is 19.8 Å². The summed E-state index contributed by atoms with van der Waals surface area (Å²) in [6.07, 6.45) is 83.3. The van der Waals surface area contributed by atoms with Crippen molar-refractivity contribution in [3.05, 3.63) is 60.8 Å². The average molecular weight is 1130 g/mol. The van der Waals surface area contributed by atoms with Gasteiger partial charge in [-0.3, -0.25) is 18.6 Å². The van der Waals surface area contributed by atoms with Crippen LogP contribution in [0.5, 0.6) is 0 Å². The molecule has 0 aliphatic rings. The summed E-state index contributed by atoms with van der Waals surface area (Å²) in [5.74, 6) is -0.838. The van der Waals surface area contributed by atoms with E-state index in [9.17, 15) is 19.0 Å². The van der Waals surface area contributed by atoms with Crippen molar-refractivity contribution in [2.75, 3.05) is 26.4 Å². The molecule has 10 heteroatoms. The molecule has 2 atom stereocenters. The molecule has 462 valence electrons. The molecule has 0 aliphatic carbocycles. The van der Waals surface area contributed by atoms with Gasteiger partial charge in [-0.2, -0.15) is 0 Å². The normalized spacial score (nSPS) is 13.3. The van der Waals surface area contributed by atoms with Gasteiger partial charge < -0.3 is 20.1 Å². The number of hydrogen-bond acceptors (Lipinski definition) is 8. The van der Waals surface area contributed by atoms with Crippen LogP contribution in [-0.2, 0) is 32.7 Å². The summed E-state index contributed by atoms with van der Waals surface area (Å²) in [7, 11) is -4.40. The third kappa shape index (κ3) is 64.7. The summed E-state index contributed by atoms with van der Waals surface area (Å²) < 4.78 is 33.1. The summed E-state index contributed by atoms with van der Waals surface area (Å²) in [5, 5.41) is 0. The van der Waals surface area contributed by atoms with E-state index in [1.54, 1.807) is 0 Å². The van der Waals surface area contributed by atoms with E-state index in [1.165, 1.54) is 218 Å². The highest BCUT2D eigenvalue weighted by Gasteiger charge is 2.26. The number of unbranched alkanes of at least 4 members (excludes halogenated alkanes) is 41. The van der Waals surface area contributed by atoms with Crippen LogP contribution in [0.1, 0.15) is 335 Å². The first-order valence-corrected chi connectivity index (χ1v) is 35.3.